The summed E-state index contributed by atoms with van der Waals surface area (Å²) < 4.78 is 5.04. The van der Waals surface area contributed by atoms with Gasteiger partial charge in [-0.1, -0.05) is 20.8 Å². The van der Waals surface area contributed by atoms with E-state index in [4.69, 9.17) is 12.6 Å². The summed E-state index contributed by atoms with van der Waals surface area (Å²) in [6, 6.07) is 0.0139. The van der Waals surface area contributed by atoms with Gasteiger partial charge in [-0.05, 0) is 12.3 Å². The lowest BCUT2D eigenvalue weighted by molar-refractivity contribution is 0.155. The predicted molar refractivity (Wildman–Crippen MR) is 40.6 cm³/mol. The van der Waals surface area contributed by atoms with Crippen LogP contribution in [0.5, 0.6) is 0 Å². The van der Waals surface area contributed by atoms with Crippen LogP contribution in [0.25, 0.3) is 0 Å². The Kier molecular flexibility index (Phi) is 4.88. The second kappa shape index (κ2) is 4.86. The van der Waals surface area contributed by atoms with Crippen molar-refractivity contribution in [1.29, 1.82) is 0 Å². The summed E-state index contributed by atoms with van der Waals surface area (Å²) in [6.45, 7) is 6.96. The standard InChI is InChI=1S/C5H9BO.C2H6/c1-4-2-3-7-5(4)6;1-2/h4-5H,2-3H2,1H3;1-2H3. The average molecular weight is 126 g/mol. The predicted octanol–water partition coefficient (Wildman–Crippen LogP) is 1.56. The molecule has 0 aromatic rings. The van der Waals surface area contributed by atoms with E-state index in [9.17, 15) is 0 Å². The number of hydrogen-bond donors (Lipinski definition) is 0. The molecule has 1 saturated heterocycles. The molecule has 0 aromatic carbocycles. The molecule has 2 atom stereocenters. The molecule has 0 saturated carbocycles. The minimum absolute atomic E-state index is 0.0139. The lowest BCUT2D eigenvalue weighted by atomic mass is 9.89. The molecule has 1 fully saturated rings. The maximum Gasteiger partial charge on any atom is 0.109 e. The fourth-order valence-electron chi connectivity index (χ4n) is 0.719. The van der Waals surface area contributed by atoms with Crippen molar-refractivity contribution in [2.24, 2.45) is 5.92 Å². The first-order chi connectivity index (χ1) is 4.30. The highest BCUT2D eigenvalue weighted by molar-refractivity contribution is 6.11. The molecule has 52 valence electrons. The van der Waals surface area contributed by atoms with Crippen LogP contribution in [0.2, 0.25) is 0 Å². The maximum atomic E-state index is 5.46. The molecular formula is C7H15BO. The lowest BCUT2D eigenvalue weighted by Crippen LogP contribution is -2.11. The second-order valence-corrected chi connectivity index (χ2v) is 2.10. The minimum atomic E-state index is 0.0139. The highest BCUT2D eigenvalue weighted by Gasteiger charge is 2.17. The zero-order valence-electron chi connectivity index (χ0n) is 6.55. The van der Waals surface area contributed by atoms with Gasteiger partial charge in [-0.15, -0.1) is 0 Å². The molecule has 9 heavy (non-hydrogen) atoms. The van der Waals surface area contributed by atoms with E-state index < -0.39 is 0 Å². The van der Waals surface area contributed by atoms with Gasteiger partial charge in [-0.3, -0.25) is 0 Å². The highest BCUT2D eigenvalue weighted by atomic mass is 16.5. The fourth-order valence-corrected chi connectivity index (χ4v) is 0.719. The van der Waals surface area contributed by atoms with Crippen molar-refractivity contribution in [3.63, 3.8) is 0 Å². The van der Waals surface area contributed by atoms with Crippen LogP contribution >= 0.6 is 0 Å². The third kappa shape index (κ3) is 2.90. The lowest BCUT2D eigenvalue weighted by Gasteiger charge is -2.04. The van der Waals surface area contributed by atoms with Gasteiger partial charge in [-0.25, -0.2) is 0 Å². The van der Waals surface area contributed by atoms with Gasteiger partial charge in [0, 0.05) is 12.6 Å². The Bertz CT molecular complexity index is 57.9. The van der Waals surface area contributed by atoms with Crippen LogP contribution in [0.4, 0.5) is 0 Å². The monoisotopic (exact) mass is 126 g/mol. The normalized spacial score (nSPS) is 33.2. The first kappa shape index (κ1) is 9.02. The van der Waals surface area contributed by atoms with E-state index in [1.165, 1.54) is 0 Å². The summed E-state index contributed by atoms with van der Waals surface area (Å²) >= 11 is 0. The van der Waals surface area contributed by atoms with Gasteiger partial charge in [0.15, 0.2) is 0 Å². The van der Waals surface area contributed by atoms with E-state index in [-0.39, 0.29) is 6.00 Å². The SMILES string of the molecule is CC.[B]C1OCCC1C. The van der Waals surface area contributed by atoms with Crippen LogP contribution in [0, 0.1) is 5.92 Å². The molecule has 0 spiro atoms. The van der Waals surface area contributed by atoms with Crippen LogP contribution in [-0.2, 0) is 4.74 Å². The van der Waals surface area contributed by atoms with E-state index in [0.29, 0.717) is 5.92 Å². The van der Waals surface area contributed by atoms with Gasteiger partial charge < -0.3 is 4.74 Å². The van der Waals surface area contributed by atoms with E-state index in [0.717, 1.165) is 13.0 Å². The van der Waals surface area contributed by atoms with Crippen molar-refractivity contribution in [2.45, 2.75) is 33.2 Å². The molecule has 0 N–H and O–H groups in total. The summed E-state index contributed by atoms with van der Waals surface area (Å²) in [4.78, 5) is 0. The Morgan fingerprint density at radius 3 is 2.11 bits per heavy atom. The topological polar surface area (TPSA) is 9.23 Å². The van der Waals surface area contributed by atoms with Gasteiger partial charge in [-0.2, -0.15) is 0 Å². The molecule has 0 aliphatic carbocycles. The molecule has 1 aliphatic rings. The molecule has 1 rings (SSSR count). The second-order valence-electron chi connectivity index (χ2n) is 2.10. The number of rotatable bonds is 0. The van der Waals surface area contributed by atoms with Crippen LogP contribution < -0.4 is 0 Å². The van der Waals surface area contributed by atoms with E-state index >= 15 is 0 Å². The van der Waals surface area contributed by atoms with Crippen molar-refractivity contribution in [3.8, 4) is 0 Å². The molecule has 2 radical (unpaired) electrons. The molecule has 2 heteroatoms. The largest absolute Gasteiger partial charge is 0.388 e. The minimum Gasteiger partial charge on any atom is -0.388 e. The van der Waals surface area contributed by atoms with E-state index in [1.54, 1.807) is 0 Å². The van der Waals surface area contributed by atoms with Gasteiger partial charge in [0.05, 0.1) is 0 Å². The zero-order valence-corrected chi connectivity index (χ0v) is 6.55. The van der Waals surface area contributed by atoms with E-state index in [2.05, 4.69) is 6.92 Å². The third-order valence-electron chi connectivity index (χ3n) is 1.44. The summed E-state index contributed by atoms with van der Waals surface area (Å²) in [7, 11) is 5.46. The molecule has 1 nitrogen and oxygen atoms in total. The van der Waals surface area contributed by atoms with E-state index in [1.807, 2.05) is 13.8 Å². The smallest absolute Gasteiger partial charge is 0.109 e. The summed E-state index contributed by atoms with van der Waals surface area (Å²) in [6.07, 6.45) is 1.13. The Hall–Kier alpha value is 0.0249. The van der Waals surface area contributed by atoms with Gasteiger partial charge in [0.25, 0.3) is 0 Å². The Balaban J connectivity index is 0.000000291. The van der Waals surface area contributed by atoms with Gasteiger partial charge in [0.1, 0.15) is 7.85 Å². The van der Waals surface area contributed by atoms with Crippen molar-refractivity contribution in [3.05, 3.63) is 0 Å². The van der Waals surface area contributed by atoms with Gasteiger partial charge >= 0.3 is 0 Å². The molecule has 1 heterocycles. The van der Waals surface area contributed by atoms with Crippen molar-refractivity contribution < 1.29 is 4.74 Å². The van der Waals surface area contributed by atoms with Gasteiger partial charge in [0.2, 0.25) is 0 Å². The Labute approximate surface area is 59.2 Å². The molecule has 0 aromatic heterocycles. The van der Waals surface area contributed by atoms with Crippen LogP contribution in [0.1, 0.15) is 27.2 Å². The highest BCUT2D eigenvalue weighted by Crippen LogP contribution is 2.16. The Morgan fingerprint density at radius 2 is 2.00 bits per heavy atom. The quantitative estimate of drug-likeness (QED) is 0.447. The first-order valence-corrected chi connectivity index (χ1v) is 3.68. The summed E-state index contributed by atoms with van der Waals surface area (Å²) in [5.41, 5.74) is 0. The average Bonchev–Trinajstić information content (AvgIpc) is 2.23. The van der Waals surface area contributed by atoms with Crippen molar-refractivity contribution in [2.75, 3.05) is 6.61 Å². The molecule has 1 aliphatic heterocycles. The zero-order chi connectivity index (χ0) is 7.28. The fraction of sp³-hybridized carbons (Fsp3) is 1.00. The summed E-state index contributed by atoms with van der Waals surface area (Å²) in [5, 5.41) is 0. The molecule has 2 unspecified atom stereocenters. The first-order valence-electron chi connectivity index (χ1n) is 3.68. The number of ether oxygens (including phenoxy) is 1. The summed E-state index contributed by atoms with van der Waals surface area (Å²) in [5.74, 6) is 0.569. The molecule has 0 bridgehead atoms. The molecular weight excluding hydrogens is 111 g/mol. The number of hydrogen-bond acceptors (Lipinski definition) is 1. The molecule has 0 amide bonds. The van der Waals surface area contributed by atoms with Crippen LogP contribution in [0.3, 0.4) is 0 Å². The third-order valence-corrected chi connectivity index (χ3v) is 1.44. The van der Waals surface area contributed by atoms with Crippen LogP contribution in [-0.4, -0.2) is 20.5 Å². The van der Waals surface area contributed by atoms with Crippen molar-refractivity contribution in [1.82, 2.24) is 0 Å². The van der Waals surface area contributed by atoms with Crippen molar-refractivity contribution >= 4 is 7.85 Å². The van der Waals surface area contributed by atoms with Crippen LogP contribution in [0.15, 0.2) is 0 Å². The maximum absolute atomic E-state index is 5.46. The Morgan fingerprint density at radius 1 is 1.44 bits per heavy atom.